The molecule has 1 aromatic carbocycles. The third kappa shape index (κ3) is 3.33. The molecule has 8 nitrogen and oxygen atoms in total. The first kappa shape index (κ1) is 21.4. The maximum Gasteiger partial charge on any atom is 0.251 e. The van der Waals surface area contributed by atoms with Crippen LogP contribution in [0.1, 0.15) is 31.2 Å². The normalized spacial score (nSPS) is 23.5. The van der Waals surface area contributed by atoms with Crippen molar-refractivity contribution in [1.29, 1.82) is 0 Å². The summed E-state index contributed by atoms with van der Waals surface area (Å²) in [5, 5.41) is 9.74. The Morgan fingerprint density at radius 1 is 0.971 bits per heavy atom. The number of anilines is 2. The maximum atomic E-state index is 13.9. The van der Waals surface area contributed by atoms with Crippen LogP contribution in [-0.2, 0) is 13.1 Å². The van der Waals surface area contributed by atoms with Crippen molar-refractivity contribution in [2.24, 2.45) is 5.41 Å². The largest absolute Gasteiger partial charge is 0.355 e. The van der Waals surface area contributed by atoms with Gasteiger partial charge in [0, 0.05) is 67.7 Å². The Kier molecular flexibility index (Phi) is 4.35. The van der Waals surface area contributed by atoms with Gasteiger partial charge >= 0.3 is 0 Å². The second-order valence-electron chi connectivity index (χ2n) is 10.9. The molecule has 182 valence electrons. The second kappa shape index (κ2) is 7.10. The fourth-order valence-electron chi connectivity index (χ4n) is 6.36. The van der Waals surface area contributed by atoms with Crippen LogP contribution in [0.15, 0.2) is 36.8 Å². The first-order valence-corrected chi connectivity index (χ1v) is 12.2. The Hall–Kier alpha value is -2.85. The molecule has 0 atom stereocenters. The van der Waals surface area contributed by atoms with E-state index in [0.29, 0.717) is 18.1 Å². The van der Waals surface area contributed by atoms with Gasteiger partial charge in [0.05, 0.1) is 12.2 Å². The molecule has 3 aliphatic heterocycles. The number of benzene rings is 1. The fraction of sp³-hybridized carbons (Fsp3) is 0.500. The van der Waals surface area contributed by atoms with E-state index >= 15 is 0 Å². The highest BCUT2D eigenvalue weighted by Crippen LogP contribution is 2.51. The lowest BCUT2D eigenvalue weighted by Gasteiger charge is -2.60. The van der Waals surface area contributed by atoms with Crippen molar-refractivity contribution in [3.05, 3.63) is 53.2 Å². The predicted molar refractivity (Wildman–Crippen MR) is 127 cm³/mol. The molecule has 1 aliphatic carbocycles. The molecule has 3 aromatic rings. The van der Waals surface area contributed by atoms with Crippen molar-refractivity contribution in [1.82, 2.24) is 29.6 Å². The molecule has 5 heterocycles. The van der Waals surface area contributed by atoms with Crippen LogP contribution in [0.5, 0.6) is 0 Å². The van der Waals surface area contributed by atoms with Gasteiger partial charge in [-0.25, -0.2) is 18.7 Å². The van der Waals surface area contributed by atoms with Crippen LogP contribution in [0.25, 0.3) is 5.69 Å². The Morgan fingerprint density at radius 3 is 2.46 bits per heavy atom. The average Bonchev–Trinajstić information content (AvgIpc) is 3.06. The summed E-state index contributed by atoms with van der Waals surface area (Å²) in [6, 6.07) is 7.73. The van der Waals surface area contributed by atoms with Crippen LogP contribution in [0.4, 0.5) is 20.5 Å². The summed E-state index contributed by atoms with van der Waals surface area (Å²) in [7, 11) is 0. The van der Waals surface area contributed by atoms with E-state index in [9.17, 15) is 8.78 Å². The molecule has 35 heavy (non-hydrogen) atoms. The van der Waals surface area contributed by atoms with Gasteiger partial charge in [-0.05, 0) is 36.8 Å². The number of hydrogen-bond acceptors (Lipinski definition) is 7. The predicted octanol–water partition coefficient (Wildman–Crippen LogP) is 3.54. The monoisotopic (exact) mass is 498 g/mol. The molecule has 1 saturated carbocycles. The lowest BCUT2D eigenvalue weighted by Crippen LogP contribution is -2.73. The number of fused-ring (bicyclic) bond motifs is 3. The van der Waals surface area contributed by atoms with Gasteiger partial charge in [0.25, 0.3) is 5.92 Å². The number of halogens is 3. The van der Waals surface area contributed by atoms with Crippen LogP contribution in [-0.4, -0.2) is 67.3 Å². The van der Waals surface area contributed by atoms with Crippen molar-refractivity contribution < 1.29 is 8.78 Å². The minimum absolute atomic E-state index is 0.144. The van der Waals surface area contributed by atoms with Gasteiger partial charge in [0.1, 0.15) is 12.1 Å². The molecule has 0 unspecified atom stereocenters. The quantitative estimate of drug-likeness (QED) is 0.547. The van der Waals surface area contributed by atoms with Crippen molar-refractivity contribution in [3.8, 4) is 5.69 Å². The van der Waals surface area contributed by atoms with Crippen molar-refractivity contribution in [3.63, 3.8) is 0 Å². The number of rotatable bonds is 3. The highest BCUT2D eigenvalue weighted by atomic mass is 35.5. The third-order valence-electron chi connectivity index (χ3n) is 8.01. The van der Waals surface area contributed by atoms with E-state index in [0.717, 1.165) is 55.0 Å². The molecule has 3 fully saturated rings. The van der Waals surface area contributed by atoms with Gasteiger partial charge in [0.15, 0.2) is 5.82 Å². The minimum atomic E-state index is -2.61. The van der Waals surface area contributed by atoms with Gasteiger partial charge in [-0.2, -0.15) is 0 Å². The van der Waals surface area contributed by atoms with E-state index in [1.807, 2.05) is 31.2 Å². The Morgan fingerprint density at radius 2 is 1.74 bits per heavy atom. The average molecular weight is 499 g/mol. The number of hydrogen-bond donors (Lipinski definition) is 0. The molecule has 0 N–H and O–H groups in total. The van der Waals surface area contributed by atoms with Crippen LogP contribution >= 0.6 is 11.6 Å². The van der Waals surface area contributed by atoms with Gasteiger partial charge in [-0.15, -0.1) is 10.2 Å². The number of nitrogens with zero attached hydrogens (tertiary/aromatic N) is 8. The zero-order chi connectivity index (χ0) is 24.0. The van der Waals surface area contributed by atoms with Gasteiger partial charge < -0.3 is 9.80 Å². The third-order valence-corrected chi connectivity index (χ3v) is 8.24. The fourth-order valence-corrected chi connectivity index (χ4v) is 6.56. The Balaban J connectivity index is 1.16. The van der Waals surface area contributed by atoms with E-state index in [2.05, 4.69) is 39.4 Å². The van der Waals surface area contributed by atoms with E-state index in [-0.39, 0.29) is 18.3 Å². The minimum Gasteiger partial charge on any atom is -0.355 e. The highest BCUT2D eigenvalue weighted by molar-refractivity contribution is 6.30. The molecular formula is C24H25ClF2N8. The summed E-state index contributed by atoms with van der Waals surface area (Å²) in [5.74, 6) is -0.0671. The first-order chi connectivity index (χ1) is 16.7. The molecule has 4 aliphatic rings. The van der Waals surface area contributed by atoms with E-state index in [1.54, 1.807) is 12.5 Å². The summed E-state index contributed by atoms with van der Waals surface area (Å²) < 4.78 is 29.8. The van der Waals surface area contributed by atoms with Crippen LogP contribution < -0.4 is 9.80 Å². The van der Waals surface area contributed by atoms with E-state index < -0.39 is 11.5 Å². The Bertz CT molecular complexity index is 1290. The van der Waals surface area contributed by atoms with Gasteiger partial charge in [-0.1, -0.05) is 11.6 Å². The highest BCUT2D eigenvalue weighted by Gasteiger charge is 2.57. The number of alkyl halides is 2. The lowest BCUT2D eigenvalue weighted by atomic mass is 9.73. The van der Waals surface area contributed by atoms with Crippen molar-refractivity contribution >= 4 is 23.4 Å². The van der Waals surface area contributed by atoms with Crippen molar-refractivity contribution in [2.75, 3.05) is 36.0 Å². The Labute approximate surface area is 206 Å². The summed E-state index contributed by atoms with van der Waals surface area (Å²) in [6.07, 6.45) is 3.06. The summed E-state index contributed by atoms with van der Waals surface area (Å²) in [6.45, 7) is 6.62. The van der Waals surface area contributed by atoms with Crippen LogP contribution in [0, 0.1) is 5.41 Å². The van der Waals surface area contributed by atoms with Crippen LogP contribution in [0.2, 0.25) is 5.02 Å². The smallest absolute Gasteiger partial charge is 0.251 e. The molecule has 2 aromatic heterocycles. The molecule has 0 bridgehead atoms. The number of aromatic nitrogens is 5. The first-order valence-electron chi connectivity index (χ1n) is 11.8. The zero-order valence-corrected chi connectivity index (χ0v) is 20.1. The summed E-state index contributed by atoms with van der Waals surface area (Å²) in [5.41, 5.74) is 1.62. The lowest BCUT2D eigenvalue weighted by molar-refractivity contribution is -0.173. The van der Waals surface area contributed by atoms with Gasteiger partial charge in [-0.3, -0.25) is 9.47 Å². The summed E-state index contributed by atoms with van der Waals surface area (Å²) in [4.78, 5) is 15.0. The second-order valence-corrected chi connectivity index (χ2v) is 11.3. The zero-order valence-electron chi connectivity index (χ0n) is 19.3. The molecule has 1 spiro atoms. The molecule has 2 saturated heterocycles. The topological polar surface area (TPSA) is 66.2 Å². The standard InChI is InChI=1S/C24H25ClF2N8/c1-22(9-24(26,27)10-22)34-7-16-6-17(25)2-3-18(16)35-20(8-34)30-31-21(35)33-13-23(14-33)11-32(12-23)19-4-5-28-15-29-19/h2-6,15H,7-14H2,1H3. The van der Waals surface area contributed by atoms with E-state index in [1.165, 1.54) is 0 Å². The summed E-state index contributed by atoms with van der Waals surface area (Å²) >= 11 is 6.35. The molecule has 7 rings (SSSR count). The van der Waals surface area contributed by atoms with Crippen molar-refractivity contribution in [2.45, 2.75) is 44.3 Å². The molecule has 0 radical (unpaired) electrons. The molecular weight excluding hydrogens is 474 g/mol. The van der Waals surface area contributed by atoms with Crippen LogP contribution in [0.3, 0.4) is 0 Å². The SMILES string of the molecule is CC1(N2Cc3cc(Cl)ccc3-n3c(nnc3N3CC4(CN(c5ccncn5)C4)C3)C2)CC(F)(F)C1. The van der Waals surface area contributed by atoms with E-state index in [4.69, 9.17) is 11.6 Å². The molecule has 0 amide bonds. The maximum absolute atomic E-state index is 13.9. The molecule has 11 heteroatoms. The van der Waals surface area contributed by atoms with Gasteiger partial charge in [0.2, 0.25) is 5.95 Å².